The zero-order valence-corrected chi connectivity index (χ0v) is 16.8. The molecule has 1 aromatic rings. The highest BCUT2D eigenvalue weighted by molar-refractivity contribution is 6.31. The van der Waals surface area contributed by atoms with Gasteiger partial charge in [-0.15, -0.1) is 0 Å². The molecule has 0 radical (unpaired) electrons. The summed E-state index contributed by atoms with van der Waals surface area (Å²) >= 11 is 5.92. The Morgan fingerprint density at radius 1 is 1.18 bits per heavy atom. The Bertz CT molecular complexity index is 856. The van der Waals surface area contributed by atoms with Crippen LogP contribution in [0.1, 0.15) is 56.8 Å². The van der Waals surface area contributed by atoms with Crippen molar-refractivity contribution in [3.05, 3.63) is 28.8 Å². The molecule has 150 valence electrons. The summed E-state index contributed by atoms with van der Waals surface area (Å²) in [6.45, 7) is 5.44. The molecule has 2 N–H and O–H groups in total. The van der Waals surface area contributed by atoms with Gasteiger partial charge in [0.25, 0.3) is 5.91 Å². The van der Waals surface area contributed by atoms with Crippen molar-refractivity contribution in [1.29, 1.82) is 0 Å². The molecule has 1 aromatic carbocycles. The molecule has 28 heavy (non-hydrogen) atoms. The normalized spacial score (nSPS) is 30.1. The van der Waals surface area contributed by atoms with Crippen molar-refractivity contribution < 1.29 is 23.9 Å². The Hall–Kier alpha value is -2.28. The first-order valence-corrected chi connectivity index (χ1v) is 9.69. The molecule has 4 aliphatic rings. The zero-order chi connectivity index (χ0) is 20.3. The van der Waals surface area contributed by atoms with Gasteiger partial charge in [-0.3, -0.25) is 9.59 Å². The van der Waals surface area contributed by atoms with Crippen LogP contribution >= 0.6 is 11.6 Å². The maximum atomic E-state index is 12.6. The summed E-state index contributed by atoms with van der Waals surface area (Å²) in [6, 6.07) is 4.79. The molecular formula is C20H23ClN2O5. The minimum atomic E-state index is -0.857. The molecule has 1 atom stereocenters. The minimum absolute atomic E-state index is 0.0173. The monoisotopic (exact) mass is 406 g/mol. The van der Waals surface area contributed by atoms with Gasteiger partial charge in [0.05, 0.1) is 17.5 Å². The molecule has 3 fully saturated rings. The lowest BCUT2D eigenvalue weighted by atomic mass is 9.44. The smallest absolute Gasteiger partial charge is 0.408 e. The van der Waals surface area contributed by atoms with Gasteiger partial charge in [0, 0.05) is 10.6 Å². The summed E-state index contributed by atoms with van der Waals surface area (Å²) in [5.74, 6) is -0.0921. The molecular weight excluding hydrogens is 384 g/mol. The predicted molar refractivity (Wildman–Crippen MR) is 102 cm³/mol. The van der Waals surface area contributed by atoms with Crippen LogP contribution in [-0.4, -0.2) is 40.6 Å². The van der Waals surface area contributed by atoms with Gasteiger partial charge in [-0.2, -0.15) is 0 Å². The largest absolute Gasteiger partial charge is 0.479 e. The van der Waals surface area contributed by atoms with Gasteiger partial charge in [0.15, 0.2) is 11.9 Å². The third-order valence-corrected chi connectivity index (χ3v) is 5.59. The molecule has 7 nitrogen and oxygen atoms in total. The molecule has 3 aliphatic carbocycles. The van der Waals surface area contributed by atoms with Crippen LogP contribution in [0.3, 0.4) is 0 Å². The highest BCUT2D eigenvalue weighted by Crippen LogP contribution is 2.60. The first-order chi connectivity index (χ1) is 13.0. The summed E-state index contributed by atoms with van der Waals surface area (Å²) in [7, 11) is 0. The van der Waals surface area contributed by atoms with Crippen LogP contribution in [0.25, 0.3) is 0 Å². The number of hydrogen-bond donors (Lipinski definition) is 2. The summed E-state index contributed by atoms with van der Waals surface area (Å²) < 4.78 is 11.0. The Labute approximate surface area is 168 Å². The third-order valence-electron chi connectivity index (χ3n) is 5.36. The number of Topliss-reactive ketones (excluding diaryl/α,β-unsaturated/α-hetero) is 1. The van der Waals surface area contributed by atoms with E-state index in [1.165, 1.54) is 0 Å². The van der Waals surface area contributed by atoms with Gasteiger partial charge in [0.1, 0.15) is 11.4 Å². The van der Waals surface area contributed by atoms with E-state index in [2.05, 4.69) is 10.6 Å². The average molecular weight is 407 g/mol. The third kappa shape index (κ3) is 3.43. The van der Waals surface area contributed by atoms with Crippen LogP contribution in [0, 0.1) is 0 Å². The van der Waals surface area contributed by atoms with Crippen molar-refractivity contribution in [2.24, 2.45) is 0 Å². The molecule has 1 unspecified atom stereocenters. The quantitative estimate of drug-likeness (QED) is 0.804. The Kier molecular flexibility index (Phi) is 4.16. The molecule has 2 amide bonds. The Morgan fingerprint density at radius 2 is 1.82 bits per heavy atom. The first kappa shape index (κ1) is 19.1. The fourth-order valence-corrected chi connectivity index (χ4v) is 4.53. The molecule has 0 spiro atoms. The van der Waals surface area contributed by atoms with Gasteiger partial charge < -0.3 is 20.1 Å². The van der Waals surface area contributed by atoms with Crippen molar-refractivity contribution in [3.8, 4) is 5.75 Å². The number of fused-ring (bicyclic) bond motifs is 1. The van der Waals surface area contributed by atoms with Crippen LogP contribution in [0.2, 0.25) is 5.02 Å². The van der Waals surface area contributed by atoms with Crippen LogP contribution in [-0.2, 0) is 9.53 Å². The van der Waals surface area contributed by atoms with Crippen molar-refractivity contribution in [3.63, 3.8) is 0 Å². The Morgan fingerprint density at radius 3 is 2.46 bits per heavy atom. The predicted octanol–water partition coefficient (Wildman–Crippen LogP) is 2.99. The molecule has 0 saturated heterocycles. The van der Waals surface area contributed by atoms with Gasteiger partial charge in [-0.1, -0.05) is 11.6 Å². The molecule has 8 heteroatoms. The fraction of sp³-hybridized carbons (Fsp3) is 0.550. The highest BCUT2D eigenvalue weighted by atomic mass is 35.5. The number of benzene rings is 1. The minimum Gasteiger partial charge on any atom is -0.479 e. The molecule has 2 bridgehead atoms. The lowest BCUT2D eigenvalue weighted by molar-refractivity contribution is -0.146. The van der Waals surface area contributed by atoms with Crippen molar-refractivity contribution >= 4 is 29.4 Å². The topological polar surface area (TPSA) is 93.7 Å². The van der Waals surface area contributed by atoms with E-state index >= 15 is 0 Å². The fourth-order valence-electron chi connectivity index (χ4n) is 4.36. The van der Waals surface area contributed by atoms with E-state index in [0.29, 0.717) is 35.6 Å². The second-order valence-corrected chi connectivity index (χ2v) is 9.52. The number of amides is 2. The van der Waals surface area contributed by atoms with E-state index in [1.54, 1.807) is 18.2 Å². The van der Waals surface area contributed by atoms with E-state index in [-0.39, 0.29) is 29.2 Å². The number of rotatable bonds is 3. The van der Waals surface area contributed by atoms with Gasteiger partial charge in [-0.25, -0.2) is 4.79 Å². The highest BCUT2D eigenvalue weighted by Gasteiger charge is 2.69. The van der Waals surface area contributed by atoms with E-state index < -0.39 is 17.8 Å². The number of carbonyl (C=O) groups is 3. The molecule has 1 heterocycles. The van der Waals surface area contributed by atoms with Gasteiger partial charge >= 0.3 is 6.09 Å². The molecule has 3 saturated carbocycles. The second kappa shape index (κ2) is 6.11. The van der Waals surface area contributed by atoms with Crippen LogP contribution in [0.15, 0.2) is 18.2 Å². The van der Waals surface area contributed by atoms with Crippen molar-refractivity contribution in [1.82, 2.24) is 10.6 Å². The number of ketones is 1. The SMILES string of the molecule is CC(C)(C)OC(=O)NC12CC(NC(=O)C3CC(=O)c4cc(Cl)ccc4O3)(C1)C2. The second-order valence-electron chi connectivity index (χ2n) is 9.08. The van der Waals surface area contributed by atoms with Crippen molar-refractivity contribution in [2.75, 3.05) is 0 Å². The Balaban J connectivity index is 1.32. The summed E-state index contributed by atoms with van der Waals surface area (Å²) in [5.41, 5.74) is -0.783. The first-order valence-electron chi connectivity index (χ1n) is 9.31. The summed E-state index contributed by atoms with van der Waals surface area (Å²) in [4.78, 5) is 36.9. The van der Waals surface area contributed by atoms with Crippen LogP contribution in [0.5, 0.6) is 5.75 Å². The number of halogens is 1. The lowest BCUT2D eigenvalue weighted by Crippen LogP contribution is -2.84. The van der Waals surface area contributed by atoms with Gasteiger partial charge in [0.2, 0.25) is 0 Å². The number of alkyl carbamates (subject to hydrolysis) is 1. The average Bonchev–Trinajstić information content (AvgIpc) is 2.50. The molecule has 1 aliphatic heterocycles. The van der Waals surface area contributed by atoms with E-state index in [0.717, 1.165) is 0 Å². The number of ether oxygens (including phenoxy) is 2. The van der Waals surface area contributed by atoms with Crippen molar-refractivity contribution in [2.45, 2.75) is 69.2 Å². The molecule has 5 rings (SSSR count). The van der Waals surface area contributed by atoms with Crippen LogP contribution in [0.4, 0.5) is 4.79 Å². The zero-order valence-electron chi connectivity index (χ0n) is 16.1. The lowest BCUT2D eigenvalue weighted by Gasteiger charge is -2.70. The van der Waals surface area contributed by atoms with Crippen LogP contribution < -0.4 is 15.4 Å². The summed E-state index contributed by atoms with van der Waals surface area (Å²) in [5, 5.41) is 6.36. The maximum absolute atomic E-state index is 12.6. The van der Waals surface area contributed by atoms with E-state index in [1.807, 2.05) is 20.8 Å². The van der Waals surface area contributed by atoms with E-state index in [9.17, 15) is 14.4 Å². The van der Waals surface area contributed by atoms with Gasteiger partial charge in [-0.05, 0) is 58.2 Å². The molecule has 0 aromatic heterocycles. The number of carbonyl (C=O) groups excluding carboxylic acids is 3. The number of hydrogen-bond acceptors (Lipinski definition) is 5. The maximum Gasteiger partial charge on any atom is 0.408 e. The number of nitrogens with one attached hydrogen (secondary N) is 2. The standard InChI is InChI=1S/C20H23ClN2O5/c1-18(2,3)28-17(26)23-20-8-19(9-20,10-20)22-16(25)15-7-13(24)12-6-11(21)4-5-14(12)27-15/h4-6,15H,7-10H2,1-3H3,(H,22,25)(H,23,26). The summed E-state index contributed by atoms with van der Waals surface area (Å²) in [6.07, 6.45) is 0.637. The van der Waals surface area contributed by atoms with E-state index in [4.69, 9.17) is 21.1 Å².